The van der Waals surface area contributed by atoms with Crippen molar-refractivity contribution in [3.63, 3.8) is 0 Å². The van der Waals surface area contributed by atoms with Crippen molar-refractivity contribution in [2.45, 2.75) is 24.8 Å². The molecular formula is C13H21NO3S. The second kappa shape index (κ2) is 7.51. The number of rotatable bonds is 8. The van der Waals surface area contributed by atoms with E-state index in [9.17, 15) is 8.42 Å². The van der Waals surface area contributed by atoms with Gasteiger partial charge in [-0.25, -0.2) is 8.42 Å². The number of benzene rings is 1. The zero-order chi connectivity index (χ0) is 13.4. The SMILES string of the molecule is CCCOCCNCc1ccc(S(C)(=O)=O)cc1. The van der Waals surface area contributed by atoms with E-state index in [4.69, 9.17) is 4.74 Å². The number of ether oxygens (including phenoxy) is 1. The summed E-state index contributed by atoms with van der Waals surface area (Å²) in [4.78, 5) is 0.359. The summed E-state index contributed by atoms with van der Waals surface area (Å²) < 4.78 is 27.9. The van der Waals surface area contributed by atoms with Gasteiger partial charge < -0.3 is 10.1 Å². The molecule has 4 nitrogen and oxygen atoms in total. The molecule has 0 bridgehead atoms. The molecule has 0 unspecified atom stereocenters. The molecule has 0 spiro atoms. The lowest BCUT2D eigenvalue weighted by molar-refractivity contribution is 0.136. The predicted octanol–water partition coefficient (Wildman–Crippen LogP) is 1.61. The molecule has 18 heavy (non-hydrogen) atoms. The van der Waals surface area contributed by atoms with Crippen LogP contribution in [0.5, 0.6) is 0 Å². The number of hydrogen-bond acceptors (Lipinski definition) is 4. The summed E-state index contributed by atoms with van der Waals surface area (Å²) in [7, 11) is -3.10. The first-order valence-corrected chi connectivity index (χ1v) is 8.00. The molecule has 1 N–H and O–H groups in total. The zero-order valence-corrected chi connectivity index (χ0v) is 11.8. The van der Waals surface area contributed by atoms with Crippen molar-refractivity contribution >= 4 is 9.84 Å². The highest BCUT2D eigenvalue weighted by Crippen LogP contribution is 2.09. The molecule has 1 aromatic carbocycles. The molecule has 0 aliphatic carbocycles. The first-order chi connectivity index (χ1) is 8.54. The Morgan fingerprint density at radius 3 is 2.39 bits per heavy atom. The lowest BCUT2D eigenvalue weighted by Crippen LogP contribution is -2.19. The van der Waals surface area contributed by atoms with Crippen LogP contribution in [-0.2, 0) is 21.1 Å². The Balaban J connectivity index is 2.32. The number of sulfone groups is 1. The highest BCUT2D eigenvalue weighted by Gasteiger charge is 2.05. The van der Waals surface area contributed by atoms with Gasteiger partial charge in [-0.2, -0.15) is 0 Å². The number of hydrogen-bond donors (Lipinski definition) is 1. The van der Waals surface area contributed by atoms with Crippen LogP contribution < -0.4 is 5.32 Å². The Bertz CT molecular complexity index is 440. The molecule has 0 saturated carbocycles. The molecule has 5 heteroatoms. The van der Waals surface area contributed by atoms with Gasteiger partial charge in [0, 0.05) is 26.0 Å². The molecule has 0 fully saturated rings. The third kappa shape index (κ3) is 5.62. The van der Waals surface area contributed by atoms with Crippen LogP contribution in [0, 0.1) is 0 Å². The van der Waals surface area contributed by atoms with Crippen molar-refractivity contribution in [3.8, 4) is 0 Å². The lowest BCUT2D eigenvalue weighted by atomic mass is 10.2. The number of nitrogens with one attached hydrogen (secondary N) is 1. The normalized spacial score (nSPS) is 11.7. The second-order valence-corrected chi connectivity index (χ2v) is 6.22. The Morgan fingerprint density at radius 2 is 1.83 bits per heavy atom. The first kappa shape index (κ1) is 15.1. The van der Waals surface area contributed by atoms with E-state index < -0.39 is 9.84 Å². The van der Waals surface area contributed by atoms with Crippen LogP contribution in [0.25, 0.3) is 0 Å². The van der Waals surface area contributed by atoms with E-state index in [1.165, 1.54) is 6.26 Å². The quantitative estimate of drug-likeness (QED) is 0.730. The third-order valence-corrected chi connectivity index (χ3v) is 3.58. The fraction of sp³-hybridized carbons (Fsp3) is 0.538. The summed E-state index contributed by atoms with van der Waals surface area (Å²) >= 11 is 0. The van der Waals surface area contributed by atoms with Crippen LogP contribution in [0.15, 0.2) is 29.2 Å². The van der Waals surface area contributed by atoms with Crippen LogP contribution in [-0.4, -0.2) is 34.4 Å². The Morgan fingerprint density at radius 1 is 1.17 bits per heavy atom. The van der Waals surface area contributed by atoms with Gasteiger partial charge in [-0.15, -0.1) is 0 Å². The summed E-state index contributed by atoms with van der Waals surface area (Å²) in [5.74, 6) is 0. The van der Waals surface area contributed by atoms with Crippen molar-refractivity contribution in [2.24, 2.45) is 0 Å². The van der Waals surface area contributed by atoms with Gasteiger partial charge in [0.25, 0.3) is 0 Å². The average Bonchev–Trinajstić information content (AvgIpc) is 2.33. The van der Waals surface area contributed by atoms with Crippen molar-refractivity contribution in [1.29, 1.82) is 0 Å². The molecular weight excluding hydrogens is 250 g/mol. The minimum absolute atomic E-state index is 0.359. The standard InChI is InChI=1S/C13H21NO3S/c1-3-9-17-10-8-14-11-12-4-6-13(7-5-12)18(2,15)16/h4-7,14H,3,8-11H2,1-2H3. The monoisotopic (exact) mass is 271 g/mol. The van der Waals surface area contributed by atoms with Gasteiger partial charge in [-0.1, -0.05) is 19.1 Å². The topological polar surface area (TPSA) is 55.4 Å². The molecule has 0 atom stereocenters. The van der Waals surface area contributed by atoms with E-state index in [2.05, 4.69) is 12.2 Å². The second-order valence-electron chi connectivity index (χ2n) is 4.21. The minimum atomic E-state index is -3.10. The zero-order valence-electron chi connectivity index (χ0n) is 11.0. The first-order valence-electron chi connectivity index (χ1n) is 6.11. The highest BCUT2D eigenvalue weighted by molar-refractivity contribution is 7.90. The maximum atomic E-state index is 11.3. The van der Waals surface area contributed by atoms with E-state index >= 15 is 0 Å². The average molecular weight is 271 g/mol. The smallest absolute Gasteiger partial charge is 0.175 e. The molecule has 0 amide bonds. The summed E-state index contributed by atoms with van der Waals surface area (Å²) in [6, 6.07) is 6.94. The Kier molecular flexibility index (Phi) is 6.32. The summed E-state index contributed by atoms with van der Waals surface area (Å²) in [6.07, 6.45) is 2.25. The maximum absolute atomic E-state index is 11.3. The van der Waals surface area contributed by atoms with Gasteiger partial charge in [-0.3, -0.25) is 0 Å². The van der Waals surface area contributed by atoms with E-state index in [1.54, 1.807) is 12.1 Å². The van der Waals surface area contributed by atoms with Crippen molar-refractivity contribution < 1.29 is 13.2 Å². The summed E-state index contributed by atoms with van der Waals surface area (Å²) in [6.45, 7) is 5.10. The van der Waals surface area contributed by atoms with E-state index in [-0.39, 0.29) is 0 Å². The summed E-state index contributed by atoms with van der Waals surface area (Å²) in [5, 5.41) is 3.24. The molecule has 0 aliphatic rings. The molecule has 1 aromatic rings. The maximum Gasteiger partial charge on any atom is 0.175 e. The van der Waals surface area contributed by atoms with Crippen LogP contribution >= 0.6 is 0 Å². The van der Waals surface area contributed by atoms with Crippen LogP contribution in [0.4, 0.5) is 0 Å². The van der Waals surface area contributed by atoms with Gasteiger partial charge in [0.05, 0.1) is 11.5 Å². The van der Waals surface area contributed by atoms with Gasteiger partial charge >= 0.3 is 0 Å². The molecule has 0 saturated heterocycles. The van der Waals surface area contributed by atoms with Crippen LogP contribution in [0.1, 0.15) is 18.9 Å². The van der Waals surface area contributed by atoms with Gasteiger partial charge in [0.15, 0.2) is 9.84 Å². The summed E-state index contributed by atoms with van der Waals surface area (Å²) in [5.41, 5.74) is 1.07. The molecule has 0 aliphatic heterocycles. The third-order valence-electron chi connectivity index (χ3n) is 2.45. The molecule has 0 heterocycles. The molecule has 0 radical (unpaired) electrons. The van der Waals surface area contributed by atoms with Gasteiger partial charge in [-0.05, 0) is 24.1 Å². The van der Waals surface area contributed by atoms with Crippen LogP contribution in [0.3, 0.4) is 0 Å². The predicted molar refractivity (Wildman–Crippen MR) is 72.4 cm³/mol. The Labute approximate surface area is 109 Å². The molecule has 102 valence electrons. The molecule has 0 aromatic heterocycles. The Hall–Kier alpha value is -0.910. The fourth-order valence-corrected chi connectivity index (χ4v) is 2.11. The fourth-order valence-electron chi connectivity index (χ4n) is 1.48. The largest absolute Gasteiger partial charge is 0.380 e. The van der Waals surface area contributed by atoms with E-state index in [0.29, 0.717) is 11.5 Å². The van der Waals surface area contributed by atoms with Gasteiger partial charge in [0.1, 0.15) is 0 Å². The van der Waals surface area contributed by atoms with Crippen LogP contribution in [0.2, 0.25) is 0 Å². The van der Waals surface area contributed by atoms with Crippen molar-refractivity contribution in [2.75, 3.05) is 26.0 Å². The lowest BCUT2D eigenvalue weighted by Gasteiger charge is -2.06. The van der Waals surface area contributed by atoms with E-state index in [1.807, 2.05) is 12.1 Å². The highest BCUT2D eigenvalue weighted by atomic mass is 32.2. The van der Waals surface area contributed by atoms with Crippen molar-refractivity contribution in [3.05, 3.63) is 29.8 Å². The van der Waals surface area contributed by atoms with Crippen molar-refractivity contribution in [1.82, 2.24) is 5.32 Å². The molecule has 1 rings (SSSR count). The van der Waals surface area contributed by atoms with E-state index in [0.717, 1.165) is 31.7 Å². The van der Waals surface area contributed by atoms with Gasteiger partial charge in [0.2, 0.25) is 0 Å². The minimum Gasteiger partial charge on any atom is -0.380 e.